The molecule has 1 heterocycles. The second-order valence-corrected chi connectivity index (χ2v) is 3.51. The van der Waals surface area contributed by atoms with Gasteiger partial charge in [0.2, 0.25) is 0 Å². The van der Waals surface area contributed by atoms with Gasteiger partial charge < -0.3 is 5.73 Å². The van der Waals surface area contributed by atoms with Crippen LogP contribution in [-0.2, 0) is 6.54 Å². The summed E-state index contributed by atoms with van der Waals surface area (Å²) in [5.41, 5.74) is 7.37. The summed E-state index contributed by atoms with van der Waals surface area (Å²) in [6.45, 7) is 0.361. The first-order valence-electron chi connectivity index (χ1n) is 4.40. The lowest BCUT2D eigenvalue weighted by Gasteiger charge is -1.99. The van der Waals surface area contributed by atoms with Crippen LogP contribution < -0.4 is 5.73 Å². The molecule has 0 aliphatic rings. The van der Waals surface area contributed by atoms with Crippen LogP contribution in [0.3, 0.4) is 0 Å². The molecular weight excluding hydrogens is 217 g/mol. The summed E-state index contributed by atoms with van der Waals surface area (Å²) in [4.78, 5) is 0. The zero-order chi connectivity index (χ0) is 10.8. The second kappa shape index (κ2) is 4.00. The number of rotatable bonds is 2. The van der Waals surface area contributed by atoms with Crippen LogP contribution in [0, 0.1) is 5.82 Å². The molecule has 1 aromatic heterocycles. The average Bonchev–Trinajstić information content (AvgIpc) is 2.70. The van der Waals surface area contributed by atoms with Gasteiger partial charge in [-0.05, 0) is 24.3 Å². The molecule has 0 amide bonds. The van der Waals surface area contributed by atoms with Crippen molar-refractivity contribution in [2.45, 2.75) is 6.54 Å². The summed E-state index contributed by atoms with van der Waals surface area (Å²) in [6.07, 6.45) is 0. The molecule has 0 spiro atoms. The highest BCUT2D eigenvalue weighted by molar-refractivity contribution is 6.33. The van der Waals surface area contributed by atoms with Crippen molar-refractivity contribution >= 4 is 11.6 Å². The van der Waals surface area contributed by atoms with Crippen molar-refractivity contribution in [3.8, 4) is 11.3 Å². The largest absolute Gasteiger partial charge is 0.325 e. The van der Waals surface area contributed by atoms with Gasteiger partial charge in [-0.3, -0.25) is 5.10 Å². The molecule has 0 bridgehead atoms. The Labute approximate surface area is 91.1 Å². The molecule has 0 aliphatic heterocycles. The van der Waals surface area contributed by atoms with E-state index in [9.17, 15) is 4.39 Å². The van der Waals surface area contributed by atoms with Crippen molar-refractivity contribution < 1.29 is 4.39 Å². The van der Waals surface area contributed by atoms with Crippen molar-refractivity contribution in [1.29, 1.82) is 0 Å². The van der Waals surface area contributed by atoms with Gasteiger partial charge in [-0.15, -0.1) is 0 Å². The van der Waals surface area contributed by atoms with E-state index in [-0.39, 0.29) is 5.82 Å². The number of hydrogen-bond donors (Lipinski definition) is 2. The van der Waals surface area contributed by atoms with Gasteiger partial charge in [0.05, 0.1) is 10.7 Å². The third kappa shape index (κ3) is 2.00. The Hall–Kier alpha value is -1.39. The number of halogens is 2. The Balaban J connectivity index is 2.48. The van der Waals surface area contributed by atoms with Crippen LogP contribution in [0.2, 0.25) is 5.02 Å². The lowest BCUT2D eigenvalue weighted by Crippen LogP contribution is -1.95. The molecule has 0 unspecified atom stereocenters. The van der Waals surface area contributed by atoms with Crippen molar-refractivity contribution in [3.63, 3.8) is 0 Å². The smallest absolute Gasteiger partial charge is 0.123 e. The maximum atomic E-state index is 13.0. The molecule has 0 atom stereocenters. The topological polar surface area (TPSA) is 54.7 Å². The molecule has 78 valence electrons. The van der Waals surface area contributed by atoms with Crippen LogP contribution >= 0.6 is 11.6 Å². The maximum absolute atomic E-state index is 13.0. The molecule has 1 aromatic carbocycles. The third-order valence-corrected chi connectivity index (χ3v) is 2.38. The van der Waals surface area contributed by atoms with Crippen molar-refractivity contribution in [2.75, 3.05) is 0 Å². The van der Waals surface area contributed by atoms with Crippen LogP contribution in [0.5, 0.6) is 0 Å². The van der Waals surface area contributed by atoms with E-state index in [1.165, 1.54) is 18.2 Å². The molecule has 2 aromatic rings. The van der Waals surface area contributed by atoms with Crippen LogP contribution in [0.1, 0.15) is 5.69 Å². The quantitative estimate of drug-likeness (QED) is 0.824. The van der Waals surface area contributed by atoms with E-state index >= 15 is 0 Å². The van der Waals surface area contributed by atoms with E-state index in [4.69, 9.17) is 17.3 Å². The molecule has 2 rings (SSSR count). The summed E-state index contributed by atoms with van der Waals surface area (Å²) >= 11 is 5.93. The first-order valence-corrected chi connectivity index (χ1v) is 4.78. The highest BCUT2D eigenvalue weighted by Gasteiger charge is 2.08. The molecule has 0 saturated heterocycles. The fourth-order valence-corrected chi connectivity index (χ4v) is 1.51. The molecule has 0 saturated carbocycles. The number of benzene rings is 1. The summed E-state index contributed by atoms with van der Waals surface area (Å²) in [5.74, 6) is -0.341. The Kier molecular flexibility index (Phi) is 2.70. The summed E-state index contributed by atoms with van der Waals surface area (Å²) in [5, 5.41) is 7.21. The van der Waals surface area contributed by atoms with Gasteiger partial charge in [-0.2, -0.15) is 5.10 Å². The molecule has 0 radical (unpaired) electrons. The van der Waals surface area contributed by atoms with Crippen LogP contribution in [0.4, 0.5) is 4.39 Å². The first kappa shape index (κ1) is 10.1. The van der Waals surface area contributed by atoms with Crippen LogP contribution in [0.25, 0.3) is 11.3 Å². The summed E-state index contributed by atoms with van der Waals surface area (Å²) < 4.78 is 13.0. The van der Waals surface area contributed by atoms with Gasteiger partial charge in [-0.25, -0.2) is 4.39 Å². The van der Waals surface area contributed by atoms with Crippen molar-refractivity contribution in [3.05, 3.63) is 40.8 Å². The highest BCUT2D eigenvalue weighted by Crippen LogP contribution is 2.27. The minimum absolute atomic E-state index is 0.341. The van der Waals surface area contributed by atoms with E-state index < -0.39 is 0 Å². The molecule has 5 heteroatoms. The van der Waals surface area contributed by atoms with E-state index in [0.717, 1.165) is 5.69 Å². The average molecular weight is 226 g/mol. The number of nitrogens with two attached hydrogens (primary N) is 1. The third-order valence-electron chi connectivity index (χ3n) is 2.06. The minimum atomic E-state index is -0.341. The number of nitrogens with one attached hydrogen (secondary N) is 1. The normalized spacial score (nSPS) is 10.6. The predicted molar refractivity (Wildman–Crippen MR) is 56.9 cm³/mol. The minimum Gasteiger partial charge on any atom is -0.325 e. The molecule has 3 nitrogen and oxygen atoms in total. The zero-order valence-electron chi connectivity index (χ0n) is 7.80. The Morgan fingerprint density at radius 3 is 2.87 bits per heavy atom. The lowest BCUT2D eigenvalue weighted by molar-refractivity contribution is 0.628. The molecular formula is C10H9ClFN3. The summed E-state index contributed by atoms with van der Waals surface area (Å²) in [6, 6.07) is 5.91. The zero-order valence-corrected chi connectivity index (χ0v) is 8.55. The highest BCUT2D eigenvalue weighted by atomic mass is 35.5. The molecule has 3 N–H and O–H groups in total. The van der Waals surface area contributed by atoms with E-state index in [1.54, 1.807) is 6.07 Å². The SMILES string of the molecule is NCc1cc(-c2cc(F)ccc2Cl)n[nH]1. The van der Waals surface area contributed by atoms with E-state index in [2.05, 4.69) is 10.2 Å². The number of nitrogens with zero attached hydrogens (tertiary/aromatic N) is 1. The Morgan fingerprint density at radius 1 is 1.40 bits per heavy atom. The standard InChI is InChI=1S/C10H9ClFN3/c11-9-2-1-6(12)3-8(9)10-4-7(5-13)14-15-10/h1-4H,5,13H2,(H,14,15). The fourth-order valence-electron chi connectivity index (χ4n) is 1.30. The Bertz CT molecular complexity index is 481. The predicted octanol–water partition coefficient (Wildman–Crippen LogP) is 2.33. The molecule has 0 aliphatic carbocycles. The number of aromatic amines is 1. The van der Waals surface area contributed by atoms with Gasteiger partial charge in [0.25, 0.3) is 0 Å². The van der Waals surface area contributed by atoms with E-state index in [0.29, 0.717) is 22.8 Å². The molecule has 0 fully saturated rings. The van der Waals surface area contributed by atoms with Crippen LogP contribution in [0.15, 0.2) is 24.3 Å². The fraction of sp³-hybridized carbons (Fsp3) is 0.100. The number of H-pyrrole nitrogens is 1. The van der Waals surface area contributed by atoms with Gasteiger partial charge in [0, 0.05) is 17.8 Å². The number of aromatic nitrogens is 2. The molecule has 15 heavy (non-hydrogen) atoms. The number of hydrogen-bond acceptors (Lipinski definition) is 2. The monoisotopic (exact) mass is 225 g/mol. The van der Waals surface area contributed by atoms with E-state index in [1.807, 2.05) is 0 Å². The van der Waals surface area contributed by atoms with Gasteiger partial charge >= 0.3 is 0 Å². The second-order valence-electron chi connectivity index (χ2n) is 3.11. The van der Waals surface area contributed by atoms with Crippen LogP contribution in [-0.4, -0.2) is 10.2 Å². The van der Waals surface area contributed by atoms with Crippen molar-refractivity contribution in [2.24, 2.45) is 5.73 Å². The first-order chi connectivity index (χ1) is 7.20. The van der Waals surface area contributed by atoms with Crippen molar-refractivity contribution in [1.82, 2.24) is 10.2 Å². The van der Waals surface area contributed by atoms with Gasteiger partial charge in [-0.1, -0.05) is 11.6 Å². The van der Waals surface area contributed by atoms with Gasteiger partial charge in [0.1, 0.15) is 5.82 Å². The maximum Gasteiger partial charge on any atom is 0.123 e. The van der Waals surface area contributed by atoms with Gasteiger partial charge in [0.15, 0.2) is 0 Å². The summed E-state index contributed by atoms with van der Waals surface area (Å²) in [7, 11) is 0. The lowest BCUT2D eigenvalue weighted by atomic mass is 10.1. The Morgan fingerprint density at radius 2 is 2.20 bits per heavy atom.